The van der Waals surface area contributed by atoms with E-state index in [4.69, 9.17) is 0 Å². The van der Waals surface area contributed by atoms with Crippen LogP contribution in [0, 0.1) is 17.2 Å². The van der Waals surface area contributed by atoms with E-state index < -0.39 is 0 Å². The molecule has 0 aromatic carbocycles. The highest BCUT2D eigenvalue weighted by molar-refractivity contribution is 5.14. The molecule has 3 fully saturated rings. The summed E-state index contributed by atoms with van der Waals surface area (Å²) >= 11 is 0. The molecular weight excluding hydrogens is 258 g/mol. The third kappa shape index (κ3) is 3.12. The largest absolute Gasteiger partial charge is 0.299 e. The summed E-state index contributed by atoms with van der Waals surface area (Å²) in [6, 6.07) is 4.10. The number of fused-ring (bicyclic) bond motifs is 1. The van der Waals surface area contributed by atoms with Crippen molar-refractivity contribution in [3.05, 3.63) is 0 Å². The van der Waals surface area contributed by atoms with Crippen molar-refractivity contribution in [2.24, 2.45) is 5.92 Å². The van der Waals surface area contributed by atoms with Crippen molar-refractivity contribution in [2.45, 2.75) is 88.8 Å². The molecule has 0 aromatic heterocycles. The summed E-state index contributed by atoms with van der Waals surface area (Å²) < 4.78 is 0. The van der Waals surface area contributed by atoms with Gasteiger partial charge in [-0.1, -0.05) is 19.8 Å². The minimum atomic E-state index is -0.234. The van der Waals surface area contributed by atoms with E-state index in [-0.39, 0.29) is 5.54 Å². The van der Waals surface area contributed by atoms with Crippen LogP contribution >= 0.6 is 0 Å². The maximum absolute atomic E-state index is 9.66. The molecule has 0 bridgehead atoms. The molecule has 4 unspecified atom stereocenters. The zero-order valence-electron chi connectivity index (χ0n) is 13.6. The van der Waals surface area contributed by atoms with Crippen LogP contribution in [0.4, 0.5) is 0 Å². The molecule has 0 aromatic rings. The van der Waals surface area contributed by atoms with Crippen LogP contribution in [0.3, 0.4) is 0 Å². The first-order chi connectivity index (χ1) is 10.3. The normalized spacial score (nSPS) is 40.7. The van der Waals surface area contributed by atoms with Crippen molar-refractivity contribution in [3.8, 4) is 6.07 Å². The molecule has 1 aliphatic heterocycles. The SMILES string of the molecule is CCCNC1(C#N)CCC(N2CCCC3CCCCC32)C1. The number of nitrogens with zero attached hydrogens (tertiary/aromatic N) is 2. The predicted octanol–water partition coefficient (Wildman–Crippen LogP) is 3.46. The van der Waals surface area contributed by atoms with Crippen LogP contribution in [0.5, 0.6) is 0 Å². The van der Waals surface area contributed by atoms with Crippen LogP contribution in [-0.2, 0) is 0 Å². The fourth-order valence-corrected chi connectivity index (χ4v) is 5.09. The van der Waals surface area contributed by atoms with Crippen molar-refractivity contribution < 1.29 is 0 Å². The van der Waals surface area contributed by atoms with Crippen molar-refractivity contribution >= 4 is 0 Å². The Bertz CT molecular complexity index is 386. The Balaban J connectivity index is 1.65. The summed E-state index contributed by atoms with van der Waals surface area (Å²) in [4.78, 5) is 2.82. The zero-order valence-corrected chi connectivity index (χ0v) is 13.6. The van der Waals surface area contributed by atoms with Crippen molar-refractivity contribution in [3.63, 3.8) is 0 Å². The molecular formula is C18H31N3. The van der Waals surface area contributed by atoms with E-state index in [9.17, 15) is 5.26 Å². The third-order valence-electron chi connectivity index (χ3n) is 6.17. The van der Waals surface area contributed by atoms with Gasteiger partial charge >= 0.3 is 0 Å². The molecule has 0 amide bonds. The summed E-state index contributed by atoms with van der Waals surface area (Å²) in [6.07, 6.45) is 13.0. The number of piperidine rings is 1. The fourth-order valence-electron chi connectivity index (χ4n) is 5.09. The highest BCUT2D eigenvalue weighted by Gasteiger charge is 2.45. The molecule has 1 heterocycles. The van der Waals surface area contributed by atoms with E-state index in [2.05, 4.69) is 23.2 Å². The monoisotopic (exact) mass is 289 g/mol. The van der Waals surface area contributed by atoms with E-state index >= 15 is 0 Å². The van der Waals surface area contributed by atoms with E-state index in [0.29, 0.717) is 6.04 Å². The molecule has 0 spiro atoms. The van der Waals surface area contributed by atoms with Crippen LogP contribution in [-0.4, -0.2) is 35.6 Å². The van der Waals surface area contributed by atoms with Crippen molar-refractivity contribution in [1.82, 2.24) is 10.2 Å². The molecule has 118 valence electrons. The van der Waals surface area contributed by atoms with Gasteiger partial charge in [-0.15, -0.1) is 0 Å². The number of hydrogen-bond acceptors (Lipinski definition) is 3. The fraction of sp³-hybridized carbons (Fsp3) is 0.944. The van der Waals surface area contributed by atoms with Crippen LogP contribution in [0.25, 0.3) is 0 Å². The van der Waals surface area contributed by atoms with E-state index in [0.717, 1.165) is 37.8 Å². The quantitative estimate of drug-likeness (QED) is 0.861. The maximum atomic E-state index is 9.66. The number of hydrogen-bond donors (Lipinski definition) is 1. The number of rotatable bonds is 4. The smallest absolute Gasteiger partial charge is 0.108 e. The lowest BCUT2D eigenvalue weighted by atomic mass is 9.77. The average Bonchev–Trinajstić information content (AvgIpc) is 2.97. The number of nitrogens with one attached hydrogen (secondary N) is 1. The summed E-state index contributed by atoms with van der Waals surface area (Å²) in [5.41, 5.74) is -0.234. The van der Waals surface area contributed by atoms with E-state index in [1.807, 2.05) is 0 Å². The molecule has 2 aliphatic carbocycles. The second-order valence-corrected chi connectivity index (χ2v) is 7.51. The van der Waals surface area contributed by atoms with Gasteiger partial charge in [-0.05, 0) is 70.4 Å². The predicted molar refractivity (Wildman–Crippen MR) is 86.0 cm³/mol. The molecule has 4 atom stereocenters. The van der Waals surface area contributed by atoms with Gasteiger partial charge in [0.25, 0.3) is 0 Å². The van der Waals surface area contributed by atoms with Gasteiger partial charge in [0.1, 0.15) is 5.54 Å². The van der Waals surface area contributed by atoms with Gasteiger partial charge in [0.2, 0.25) is 0 Å². The van der Waals surface area contributed by atoms with Crippen molar-refractivity contribution in [1.29, 1.82) is 5.26 Å². The standard InChI is InChI=1S/C18H31N3/c1-2-11-20-18(14-19)10-9-16(13-18)21-12-5-7-15-6-3-4-8-17(15)21/h15-17,20H,2-13H2,1H3. The Hall–Kier alpha value is -0.590. The van der Waals surface area contributed by atoms with Gasteiger partial charge in [-0.3, -0.25) is 10.2 Å². The molecule has 2 saturated carbocycles. The molecule has 3 rings (SSSR count). The summed E-state index contributed by atoms with van der Waals surface area (Å²) in [7, 11) is 0. The Morgan fingerprint density at radius 3 is 2.81 bits per heavy atom. The lowest BCUT2D eigenvalue weighted by Gasteiger charge is -2.47. The average molecular weight is 289 g/mol. The van der Waals surface area contributed by atoms with E-state index in [1.54, 1.807) is 0 Å². The Kier molecular flexibility index (Phi) is 4.86. The summed E-state index contributed by atoms with van der Waals surface area (Å²) in [5, 5.41) is 13.2. The lowest BCUT2D eigenvalue weighted by molar-refractivity contribution is 0.0261. The third-order valence-corrected chi connectivity index (χ3v) is 6.17. The Morgan fingerprint density at radius 2 is 2.00 bits per heavy atom. The van der Waals surface area contributed by atoms with Crippen LogP contribution < -0.4 is 5.32 Å². The van der Waals surface area contributed by atoms with E-state index in [1.165, 1.54) is 51.5 Å². The van der Waals surface area contributed by atoms with Crippen LogP contribution in [0.1, 0.15) is 71.1 Å². The van der Waals surface area contributed by atoms with Crippen LogP contribution in [0.15, 0.2) is 0 Å². The summed E-state index contributed by atoms with van der Waals surface area (Å²) in [6.45, 7) is 4.44. The first-order valence-corrected chi connectivity index (χ1v) is 9.20. The molecule has 3 nitrogen and oxygen atoms in total. The van der Waals surface area contributed by atoms with Crippen LogP contribution in [0.2, 0.25) is 0 Å². The second-order valence-electron chi connectivity index (χ2n) is 7.51. The van der Waals surface area contributed by atoms with Gasteiger partial charge in [0, 0.05) is 12.1 Å². The molecule has 21 heavy (non-hydrogen) atoms. The first-order valence-electron chi connectivity index (χ1n) is 9.20. The highest BCUT2D eigenvalue weighted by atomic mass is 15.2. The molecule has 3 aliphatic rings. The second kappa shape index (κ2) is 6.67. The number of likely N-dealkylation sites (tertiary alicyclic amines) is 1. The minimum absolute atomic E-state index is 0.234. The highest BCUT2D eigenvalue weighted by Crippen LogP contribution is 2.41. The van der Waals surface area contributed by atoms with Gasteiger partial charge in [0.15, 0.2) is 0 Å². The summed E-state index contributed by atoms with van der Waals surface area (Å²) in [5.74, 6) is 0.952. The number of nitriles is 1. The Morgan fingerprint density at radius 1 is 1.19 bits per heavy atom. The van der Waals surface area contributed by atoms with Crippen molar-refractivity contribution in [2.75, 3.05) is 13.1 Å². The maximum Gasteiger partial charge on any atom is 0.108 e. The molecule has 1 N–H and O–H groups in total. The minimum Gasteiger partial charge on any atom is -0.299 e. The van der Waals surface area contributed by atoms with Gasteiger partial charge in [-0.25, -0.2) is 0 Å². The molecule has 3 heteroatoms. The molecule has 0 radical (unpaired) electrons. The Labute approximate surface area is 130 Å². The first kappa shape index (κ1) is 15.3. The molecule has 1 saturated heterocycles. The van der Waals surface area contributed by atoms with Gasteiger partial charge in [-0.2, -0.15) is 5.26 Å². The van der Waals surface area contributed by atoms with Gasteiger partial charge in [0.05, 0.1) is 6.07 Å². The zero-order chi connectivity index (χ0) is 14.7. The van der Waals surface area contributed by atoms with Gasteiger partial charge < -0.3 is 0 Å². The topological polar surface area (TPSA) is 39.1 Å². The lowest BCUT2D eigenvalue weighted by Crippen LogP contribution is -2.52.